The molecule has 11 heteroatoms. The van der Waals surface area contributed by atoms with E-state index in [0.29, 0.717) is 31.3 Å². The first-order valence-corrected chi connectivity index (χ1v) is 12.8. The zero-order valence-electron chi connectivity index (χ0n) is 23.8. The van der Waals surface area contributed by atoms with Crippen LogP contribution in [0.4, 0.5) is 0 Å². The standard InChI is InChI=1S/C28H36O10.K/c1-17-4-7-20-27(2,19(17)6-5-18-13-15-36-26(18)35)14-12-21(38-25(34)11-9-23(31)32)28(20,3)16-37-24(33)10-8-22(29)30;/h5-6,13,19-21H,1,4,7-12,14-16H2,2-3H3,(H,29,30)(H,31,32);/q;+1/p-1/b6-5+;/t19?,20?,21-,27+,28+;/m1./s1. The van der Waals surface area contributed by atoms with Gasteiger partial charge >= 0.3 is 70.7 Å². The fourth-order valence-corrected chi connectivity index (χ4v) is 6.29. The summed E-state index contributed by atoms with van der Waals surface area (Å²) in [5, 5.41) is 21.6. The van der Waals surface area contributed by atoms with Gasteiger partial charge in [0, 0.05) is 23.3 Å². The van der Waals surface area contributed by atoms with Gasteiger partial charge in [-0.05, 0) is 55.9 Å². The van der Waals surface area contributed by atoms with E-state index in [0.717, 1.165) is 5.57 Å². The number of hydrogen-bond donors (Lipinski definition) is 0. The van der Waals surface area contributed by atoms with Gasteiger partial charge in [-0.3, -0.25) is 9.59 Å². The van der Waals surface area contributed by atoms with E-state index in [4.69, 9.17) is 14.2 Å². The van der Waals surface area contributed by atoms with E-state index >= 15 is 0 Å². The Bertz CT molecular complexity index is 1070. The topological polar surface area (TPSA) is 159 Å². The second-order valence-electron chi connectivity index (χ2n) is 10.8. The van der Waals surface area contributed by atoms with Crippen molar-refractivity contribution in [2.75, 3.05) is 13.2 Å². The van der Waals surface area contributed by atoms with Crippen molar-refractivity contribution in [2.24, 2.45) is 22.7 Å². The Hall–Kier alpha value is -1.79. The normalized spacial score (nSPS) is 30.0. The van der Waals surface area contributed by atoms with Crippen LogP contribution >= 0.6 is 0 Å². The Kier molecular flexibility index (Phi) is 12.2. The zero-order chi connectivity index (χ0) is 28.1. The smallest absolute Gasteiger partial charge is 0.550 e. The quantitative estimate of drug-likeness (QED) is 0.118. The second-order valence-corrected chi connectivity index (χ2v) is 10.8. The van der Waals surface area contributed by atoms with Crippen molar-refractivity contribution >= 4 is 29.8 Å². The molecular weight excluding hydrogens is 535 g/mol. The molecule has 3 aliphatic rings. The molecule has 3 rings (SSSR count). The minimum absolute atomic E-state index is 0. The van der Waals surface area contributed by atoms with Gasteiger partial charge in [0.1, 0.15) is 19.3 Å². The van der Waals surface area contributed by atoms with Crippen molar-refractivity contribution in [3.05, 3.63) is 36.0 Å². The summed E-state index contributed by atoms with van der Waals surface area (Å²) in [5.41, 5.74) is 0.252. The number of carbonyl (C=O) groups is 5. The molecule has 0 aromatic rings. The number of rotatable bonds is 11. The van der Waals surface area contributed by atoms with Gasteiger partial charge in [0.25, 0.3) is 0 Å². The largest absolute Gasteiger partial charge is 1.00 e. The minimum atomic E-state index is -1.36. The number of carboxylic acids is 2. The molecule has 1 aliphatic heterocycles. The number of esters is 3. The second kappa shape index (κ2) is 14.2. The maximum absolute atomic E-state index is 12.5. The molecule has 0 amide bonds. The third kappa shape index (κ3) is 8.13. The van der Waals surface area contributed by atoms with Crippen LogP contribution in [0.2, 0.25) is 0 Å². The van der Waals surface area contributed by atoms with Crippen LogP contribution in [0.25, 0.3) is 0 Å². The molecule has 208 valence electrons. The average Bonchev–Trinajstić information content (AvgIpc) is 3.26. The molecule has 2 saturated carbocycles. The molecular formula is C28H35KO10. The van der Waals surface area contributed by atoms with Crippen LogP contribution in [0, 0.1) is 22.7 Å². The van der Waals surface area contributed by atoms with Crippen molar-refractivity contribution in [3.8, 4) is 0 Å². The summed E-state index contributed by atoms with van der Waals surface area (Å²) in [4.78, 5) is 58.3. The van der Waals surface area contributed by atoms with Crippen LogP contribution in [-0.2, 0) is 38.2 Å². The number of fused-ring (bicyclic) bond motifs is 1. The minimum Gasteiger partial charge on any atom is -0.550 e. The fourth-order valence-electron chi connectivity index (χ4n) is 6.29. The van der Waals surface area contributed by atoms with Gasteiger partial charge in [-0.2, -0.15) is 0 Å². The van der Waals surface area contributed by atoms with Gasteiger partial charge in [0.2, 0.25) is 0 Å². The summed E-state index contributed by atoms with van der Waals surface area (Å²) in [6.45, 7) is 8.40. The molecule has 39 heavy (non-hydrogen) atoms. The summed E-state index contributed by atoms with van der Waals surface area (Å²) in [6, 6.07) is 0. The SMILES string of the molecule is C=C1CCC2[C@@](C)(CC[C@@H](OC(=O)CCC(=O)[O-])[C@@]2(C)COC(=O)CCC(=O)[O-])C1/C=C/C1=CCOC1=O.[H+].[K+]. The summed E-state index contributed by atoms with van der Waals surface area (Å²) in [7, 11) is 0. The molecule has 0 aromatic heterocycles. The molecule has 10 nitrogen and oxygen atoms in total. The molecule has 2 unspecified atom stereocenters. The number of carboxylic acid groups (broad SMARTS) is 2. The number of allylic oxidation sites excluding steroid dienone is 2. The van der Waals surface area contributed by atoms with Crippen molar-refractivity contribution in [2.45, 2.75) is 71.3 Å². The van der Waals surface area contributed by atoms with E-state index in [1.807, 2.05) is 13.0 Å². The predicted molar refractivity (Wildman–Crippen MR) is 129 cm³/mol. The van der Waals surface area contributed by atoms with Crippen molar-refractivity contribution in [1.82, 2.24) is 0 Å². The Balaban J connectivity index is 0.00000400. The van der Waals surface area contributed by atoms with E-state index in [1.165, 1.54) is 0 Å². The molecule has 5 atom stereocenters. The monoisotopic (exact) mass is 570 g/mol. The zero-order valence-corrected chi connectivity index (χ0v) is 25.9. The summed E-state index contributed by atoms with van der Waals surface area (Å²) < 4.78 is 16.3. The number of ether oxygens (including phenoxy) is 3. The van der Waals surface area contributed by atoms with E-state index in [2.05, 4.69) is 13.5 Å². The molecule has 0 spiro atoms. The summed E-state index contributed by atoms with van der Waals surface area (Å²) >= 11 is 0. The molecule has 2 fully saturated rings. The van der Waals surface area contributed by atoms with Gasteiger partial charge in [0.05, 0.1) is 18.4 Å². The van der Waals surface area contributed by atoms with Crippen LogP contribution in [0.1, 0.15) is 66.6 Å². The molecule has 0 radical (unpaired) electrons. The van der Waals surface area contributed by atoms with E-state index in [1.54, 1.807) is 12.2 Å². The summed E-state index contributed by atoms with van der Waals surface area (Å²) in [6.07, 6.45) is 5.57. The fraction of sp³-hybridized carbons (Fsp3) is 0.607. The van der Waals surface area contributed by atoms with E-state index in [9.17, 15) is 34.2 Å². The first kappa shape index (κ1) is 33.4. The van der Waals surface area contributed by atoms with Gasteiger partial charge < -0.3 is 34.0 Å². The van der Waals surface area contributed by atoms with E-state index in [-0.39, 0.29) is 102 Å². The van der Waals surface area contributed by atoms with Gasteiger partial charge in [0.15, 0.2) is 0 Å². The first-order chi connectivity index (χ1) is 17.9. The predicted octanol–water partition coefficient (Wildman–Crippen LogP) is -1.95. The molecule has 0 saturated heterocycles. The Morgan fingerprint density at radius 2 is 1.74 bits per heavy atom. The van der Waals surface area contributed by atoms with Crippen LogP contribution in [0.5, 0.6) is 0 Å². The van der Waals surface area contributed by atoms with Crippen molar-refractivity contribution in [3.63, 3.8) is 0 Å². The van der Waals surface area contributed by atoms with Gasteiger partial charge in [-0.1, -0.05) is 38.2 Å². The third-order valence-electron chi connectivity index (χ3n) is 8.28. The Labute approximate surface area is 272 Å². The molecule has 1 heterocycles. The number of aliphatic carboxylic acids is 2. The Morgan fingerprint density at radius 1 is 1.10 bits per heavy atom. The number of carbonyl (C=O) groups excluding carboxylic acids is 5. The maximum Gasteiger partial charge on any atom is 1.00 e. The first-order valence-electron chi connectivity index (χ1n) is 12.8. The number of hydrogen-bond acceptors (Lipinski definition) is 10. The molecule has 0 aromatic carbocycles. The van der Waals surface area contributed by atoms with Gasteiger partial charge in [-0.15, -0.1) is 0 Å². The van der Waals surface area contributed by atoms with Crippen LogP contribution in [0.15, 0.2) is 36.0 Å². The van der Waals surface area contributed by atoms with Crippen LogP contribution < -0.4 is 61.6 Å². The third-order valence-corrected chi connectivity index (χ3v) is 8.28. The van der Waals surface area contributed by atoms with Crippen molar-refractivity contribution in [1.29, 1.82) is 0 Å². The molecule has 0 bridgehead atoms. The van der Waals surface area contributed by atoms with Crippen LogP contribution in [0.3, 0.4) is 0 Å². The average molecular weight is 571 g/mol. The number of cyclic esters (lactones) is 1. The van der Waals surface area contributed by atoms with Crippen molar-refractivity contribution < 1.29 is 101 Å². The maximum atomic E-state index is 12.5. The van der Waals surface area contributed by atoms with E-state index < -0.39 is 48.2 Å². The molecule has 2 aliphatic carbocycles. The molecule has 0 N–H and O–H groups in total. The van der Waals surface area contributed by atoms with Crippen LogP contribution in [-0.4, -0.2) is 49.2 Å². The summed E-state index contributed by atoms with van der Waals surface area (Å²) in [5.74, 6) is -4.71. The Morgan fingerprint density at radius 3 is 2.33 bits per heavy atom. The van der Waals surface area contributed by atoms with Gasteiger partial charge in [-0.25, -0.2) is 4.79 Å².